The van der Waals surface area contributed by atoms with E-state index in [1.54, 1.807) is 13.0 Å². The van der Waals surface area contributed by atoms with E-state index in [1.807, 2.05) is 0 Å². The van der Waals surface area contributed by atoms with Gasteiger partial charge in [0.25, 0.3) is 5.91 Å². The number of hydrogen-bond donors (Lipinski definition) is 2. The number of nitrogens with zero attached hydrogens (tertiary/aromatic N) is 2. The molecule has 3 rings (SSSR count). The topological polar surface area (TPSA) is 73.1 Å². The molecule has 8 heteroatoms. The number of hydrogen-bond acceptors (Lipinski definition) is 4. The van der Waals surface area contributed by atoms with Gasteiger partial charge in [0.15, 0.2) is 5.72 Å². The largest absolute Gasteiger partial charge is 0.507 e. The molecule has 1 fully saturated rings. The van der Waals surface area contributed by atoms with Crippen LogP contribution < -0.4 is 0 Å². The van der Waals surface area contributed by atoms with Crippen molar-refractivity contribution in [2.24, 2.45) is 11.0 Å². The molecular weight excluding hydrogens is 337 g/mol. The molecule has 2 N–H and O–H groups in total. The van der Waals surface area contributed by atoms with Crippen LogP contribution in [0.2, 0.25) is 0 Å². The van der Waals surface area contributed by atoms with Gasteiger partial charge >= 0.3 is 6.18 Å². The van der Waals surface area contributed by atoms with Crippen molar-refractivity contribution in [3.8, 4) is 5.75 Å². The van der Waals surface area contributed by atoms with Gasteiger partial charge in [-0.25, -0.2) is 0 Å². The van der Waals surface area contributed by atoms with E-state index in [0.717, 1.165) is 0 Å². The number of phenols is 1. The second-order valence-corrected chi connectivity index (χ2v) is 6.60. The van der Waals surface area contributed by atoms with Crippen LogP contribution in [-0.4, -0.2) is 38.7 Å². The molecule has 1 saturated carbocycles. The summed E-state index contributed by atoms with van der Waals surface area (Å²) in [4.78, 5) is 12.8. The Hall–Kier alpha value is -2.09. The van der Waals surface area contributed by atoms with Gasteiger partial charge in [0.1, 0.15) is 11.5 Å². The number of hydrazone groups is 1. The zero-order valence-corrected chi connectivity index (χ0v) is 13.7. The number of aliphatic hydroxyl groups is 1. The third kappa shape index (κ3) is 2.88. The fourth-order valence-electron chi connectivity index (χ4n) is 3.61. The van der Waals surface area contributed by atoms with Gasteiger partial charge in [0.05, 0.1) is 11.5 Å². The fourth-order valence-corrected chi connectivity index (χ4v) is 3.61. The minimum absolute atomic E-state index is 0.0130. The second kappa shape index (κ2) is 6.01. The highest BCUT2D eigenvalue weighted by atomic mass is 19.4. The van der Waals surface area contributed by atoms with E-state index >= 15 is 0 Å². The molecule has 136 valence electrons. The van der Waals surface area contributed by atoms with Crippen molar-refractivity contribution in [3.63, 3.8) is 0 Å². The maximum atomic E-state index is 13.4. The van der Waals surface area contributed by atoms with E-state index in [-0.39, 0.29) is 24.2 Å². The molecule has 0 radical (unpaired) electrons. The van der Waals surface area contributed by atoms with Gasteiger partial charge in [-0.2, -0.15) is 23.3 Å². The fraction of sp³-hybridized carbons (Fsp3) is 0.529. The molecule has 1 aliphatic carbocycles. The number of aryl methyl sites for hydroxylation is 1. The molecule has 5 nitrogen and oxygen atoms in total. The number of aromatic hydroxyl groups is 1. The first kappa shape index (κ1) is 17.7. The van der Waals surface area contributed by atoms with Crippen LogP contribution in [0.25, 0.3) is 0 Å². The van der Waals surface area contributed by atoms with E-state index in [1.165, 1.54) is 12.1 Å². The van der Waals surface area contributed by atoms with Crippen molar-refractivity contribution in [2.75, 3.05) is 0 Å². The molecule has 0 aromatic heterocycles. The van der Waals surface area contributed by atoms with Gasteiger partial charge in [0, 0.05) is 0 Å². The Morgan fingerprint density at radius 1 is 1.32 bits per heavy atom. The SMILES string of the molecule is Cc1cccc(C(=O)N2N=C(C(F)(F)F)[C@H]3CCCCC[C@@]32O)c1O. The first-order chi connectivity index (χ1) is 11.7. The monoisotopic (exact) mass is 356 g/mol. The van der Waals surface area contributed by atoms with Gasteiger partial charge < -0.3 is 10.2 Å². The minimum atomic E-state index is -4.73. The summed E-state index contributed by atoms with van der Waals surface area (Å²) in [6.07, 6.45) is -2.90. The van der Waals surface area contributed by atoms with Crippen LogP contribution in [-0.2, 0) is 0 Å². The molecule has 0 saturated heterocycles. The lowest BCUT2D eigenvalue weighted by atomic mass is 9.87. The molecule has 1 amide bonds. The number of alkyl halides is 3. The summed E-state index contributed by atoms with van der Waals surface area (Å²) in [6.45, 7) is 1.57. The Bertz CT molecular complexity index is 732. The summed E-state index contributed by atoms with van der Waals surface area (Å²) in [7, 11) is 0. The van der Waals surface area contributed by atoms with E-state index in [2.05, 4.69) is 5.10 Å². The van der Waals surface area contributed by atoms with E-state index < -0.39 is 29.4 Å². The molecule has 1 heterocycles. The molecule has 1 aromatic rings. The van der Waals surface area contributed by atoms with Crippen molar-refractivity contribution in [1.29, 1.82) is 0 Å². The highest BCUT2D eigenvalue weighted by Crippen LogP contribution is 2.45. The average Bonchev–Trinajstić information content (AvgIpc) is 2.69. The standard InChI is InChI=1S/C17H19F3N2O3/c1-10-6-5-7-11(13(10)23)15(24)22-16(25)9-4-2-3-8-12(16)14(21-22)17(18,19)20/h5-7,12,23,25H,2-4,8-9H2,1H3/t12-,16-/m1/s1. The Kier molecular flexibility index (Phi) is 4.26. The number of fused-ring (bicyclic) bond motifs is 1. The number of carbonyl (C=O) groups excluding carboxylic acids is 1. The lowest BCUT2D eigenvalue weighted by Gasteiger charge is -2.35. The number of phenolic OH excluding ortho intramolecular Hbond substituents is 1. The molecule has 0 bridgehead atoms. The zero-order valence-electron chi connectivity index (χ0n) is 13.7. The molecule has 0 unspecified atom stereocenters. The van der Waals surface area contributed by atoms with Crippen LogP contribution in [0.3, 0.4) is 0 Å². The highest BCUT2D eigenvalue weighted by Gasteiger charge is 2.59. The van der Waals surface area contributed by atoms with Crippen molar-refractivity contribution in [1.82, 2.24) is 5.01 Å². The van der Waals surface area contributed by atoms with Crippen molar-refractivity contribution in [2.45, 2.75) is 50.9 Å². The third-order valence-corrected chi connectivity index (χ3v) is 4.95. The Balaban J connectivity index is 2.08. The summed E-state index contributed by atoms with van der Waals surface area (Å²) < 4.78 is 40.2. The maximum absolute atomic E-state index is 13.4. The number of rotatable bonds is 1. The smallest absolute Gasteiger partial charge is 0.431 e. The number of carbonyl (C=O) groups is 1. The van der Waals surface area contributed by atoms with Gasteiger partial charge in [-0.3, -0.25) is 4.79 Å². The zero-order chi connectivity index (χ0) is 18.4. The lowest BCUT2D eigenvalue weighted by molar-refractivity contribution is -0.108. The molecule has 25 heavy (non-hydrogen) atoms. The third-order valence-electron chi connectivity index (χ3n) is 4.95. The van der Waals surface area contributed by atoms with Crippen LogP contribution in [0.1, 0.15) is 48.0 Å². The molecule has 2 atom stereocenters. The van der Waals surface area contributed by atoms with Gasteiger partial charge in [-0.1, -0.05) is 25.0 Å². The Morgan fingerprint density at radius 3 is 2.72 bits per heavy atom. The summed E-state index contributed by atoms with van der Waals surface area (Å²) in [5.41, 5.74) is -2.91. The average molecular weight is 356 g/mol. The summed E-state index contributed by atoms with van der Waals surface area (Å²) in [6, 6.07) is 4.39. The minimum Gasteiger partial charge on any atom is -0.507 e. The first-order valence-electron chi connectivity index (χ1n) is 8.17. The highest BCUT2D eigenvalue weighted by molar-refractivity contribution is 6.02. The van der Waals surface area contributed by atoms with Crippen molar-refractivity contribution in [3.05, 3.63) is 29.3 Å². The molecule has 0 spiro atoms. The maximum Gasteiger partial charge on any atom is 0.431 e. The Morgan fingerprint density at radius 2 is 2.04 bits per heavy atom. The number of halogens is 3. The second-order valence-electron chi connectivity index (χ2n) is 6.60. The van der Waals surface area contributed by atoms with E-state index in [9.17, 15) is 28.2 Å². The molecule has 1 aliphatic heterocycles. The number of para-hydroxylation sites is 1. The lowest BCUT2D eigenvalue weighted by Crippen LogP contribution is -2.51. The molecule has 1 aromatic carbocycles. The number of benzene rings is 1. The first-order valence-corrected chi connectivity index (χ1v) is 8.17. The molecular formula is C17H19F3N2O3. The van der Waals surface area contributed by atoms with E-state index in [0.29, 0.717) is 29.8 Å². The summed E-state index contributed by atoms with van der Waals surface area (Å²) >= 11 is 0. The number of amides is 1. The van der Waals surface area contributed by atoms with Crippen LogP contribution >= 0.6 is 0 Å². The van der Waals surface area contributed by atoms with Gasteiger partial charge in [0.2, 0.25) is 0 Å². The van der Waals surface area contributed by atoms with Gasteiger partial charge in [-0.15, -0.1) is 0 Å². The van der Waals surface area contributed by atoms with Crippen LogP contribution in [0.15, 0.2) is 23.3 Å². The van der Waals surface area contributed by atoms with Crippen LogP contribution in [0, 0.1) is 12.8 Å². The van der Waals surface area contributed by atoms with Crippen molar-refractivity contribution < 1.29 is 28.2 Å². The molecule has 2 aliphatic rings. The summed E-state index contributed by atoms with van der Waals surface area (Å²) in [5.74, 6) is -2.53. The van der Waals surface area contributed by atoms with E-state index in [4.69, 9.17) is 0 Å². The van der Waals surface area contributed by atoms with Gasteiger partial charge in [-0.05, 0) is 37.8 Å². The van der Waals surface area contributed by atoms with Crippen LogP contribution in [0.5, 0.6) is 5.75 Å². The predicted octanol–water partition coefficient (Wildman–Crippen LogP) is 3.34. The summed E-state index contributed by atoms with van der Waals surface area (Å²) in [5, 5.41) is 25.1. The quantitative estimate of drug-likeness (QED) is 0.811. The normalized spacial score (nSPS) is 26.8. The predicted molar refractivity (Wildman–Crippen MR) is 84.0 cm³/mol. The van der Waals surface area contributed by atoms with Crippen LogP contribution in [0.4, 0.5) is 13.2 Å². The van der Waals surface area contributed by atoms with Crippen molar-refractivity contribution >= 4 is 11.6 Å². The Labute approximate surface area is 142 Å².